The van der Waals surface area contributed by atoms with Crippen LogP contribution in [-0.4, -0.2) is 61.2 Å². The van der Waals surface area contributed by atoms with Crippen molar-refractivity contribution in [1.82, 2.24) is 33.8 Å². The molecule has 0 spiro atoms. The molecule has 1 amide bonds. The van der Waals surface area contributed by atoms with E-state index in [9.17, 15) is 13.2 Å². The molecule has 2 aromatic carbocycles. The number of anilines is 1. The fourth-order valence-corrected chi connectivity index (χ4v) is 6.39. The highest BCUT2D eigenvalue weighted by Crippen LogP contribution is 2.26. The summed E-state index contributed by atoms with van der Waals surface area (Å²) < 4.78 is 30.6. The first-order valence-corrected chi connectivity index (χ1v) is 14.6. The van der Waals surface area contributed by atoms with Crippen molar-refractivity contribution in [2.75, 3.05) is 18.4 Å². The maximum Gasteiger partial charge on any atom is 0.256 e. The maximum atomic E-state index is 13.2. The standard InChI is InChI=1S/C27H25ClN8O3S/c1-18-15-24(32-27(37)19-5-11-22(12-6-19)40(38,39)34-13-3-2-4-14-34)36(33-18)26-23-16-31-35(25(23)29-17-30-26)21-9-7-20(28)8-10-21/h5-12,15-17H,2-4,13-14H2,1H3,(H,32,37). The molecule has 0 atom stereocenters. The molecule has 0 unspecified atom stereocenters. The summed E-state index contributed by atoms with van der Waals surface area (Å²) in [5.74, 6) is 0.425. The fourth-order valence-electron chi connectivity index (χ4n) is 4.74. The molecule has 5 aromatic rings. The van der Waals surface area contributed by atoms with Crippen LogP contribution in [0.5, 0.6) is 0 Å². The van der Waals surface area contributed by atoms with Gasteiger partial charge in [0.25, 0.3) is 5.91 Å². The molecule has 0 radical (unpaired) electrons. The number of piperidine rings is 1. The number of halogens is 1. The van der Waals surface area contributed by atoms with E-state index in [1.807, 2.05) is 19.1 Å². The lowest BCUT2D eigenvalue weighted by Crippen LogP contribution is -2.35. The van der Waals surface area contributed by atoms with Crippen LogP contribution in [0, 0.1) is 6.92 Å². The second-order valence-corrected chi connectivity index (χ2v) is 11.9. The summed E-state index contributed by atoms with van der Waals surface area (Å²) in [7, 11) is -3.59. The van der Waals surface area contributed by atoms with Gasteiger partial charge in [0, 0.05) is 29.7 Å². The van der Waals surface area contributed by atoms with Gasteiger partial charge in [0.2, 0.25) is 10.0 Å². The number of rotatable bonds is 6. The van der Waals surface area contributed by atoms with Crippen LogP contribution in [0.15, 0.2) is 72.0 Å². The molecule has 4 heterocycles. The van der Waals surface area contributed by atoms with E-state index in [0.717, 1.165) is 24.9 Å². The van der Waals surface area contributed by atoms with Crippen molar-refractivity contribution in [2.24, 2.45) is 0 Å². The first-order chi connectivity index (χ1) is 19.3. The van der Waals surface area contributed by atoms with Crippen molar-refractivity contribution in [1.29, 1.82) is 0 Å². The number of hydrogen-bond donors (Lipinski definition) is 1. The molecule has 13 heteroatoms. The van der Waals surface area contributed by atoms with E-state index in [2.05, 4.69) is 25.5 Å². The number of nitrogens with zero attached hydrogens (tertiary/aromatic N) is 7. The predicted octanol–water partition coefficient (Wildman–Crippen LogP) is 4.39. The number of nitrogens with one attached hydrogen (secondary N) is 1. The lowest BCUT2D eigenvalue weighted by Gasteiger charge is -2.25. The van der Waals surface area contributed by atoms with Crippen molar-refractivity contribution in [3.8, 4) is 11.5 Å². The van der Waals surface area contributed by atoms with Gasteiger partial charge in [-0.2, -0.15) is 19.2 Å². The molecule has 1 fully saturated rings. The Morgan fingerprint density at radius 3 is 2.40 bits per heavy atom. The Kier molecular flexibility index (Phi) is 6.82. The minimum Gasteiger partial charge on any atom is -0.306 e. The Labute approximate surface area is 235 Å². The molecule has 0 aliphatic carbocycles. The van der Waals surface area contributed by atoms with Gasteiger partial charge in [-0.25, -0.2) is 23.1 Å². The fraction of sp³-hybridized carbons (Fsp3) is 0.222. The van der Waals surface area contributed by atoms with E-state index in [1.54, 1.807) is 29.1 Å². The normalized spacial score (nSPS) is 14.4. The number of carbonyl (C=O) groups excluding carboxylic acids is 1. The van der Waals surface area contributed by atoms with Gasteiger partial charge in [-0.05, 0) is 68.3 Å². The molecule has 204 valence electrons. The van der Waals surface area contributed by atoms with E-state index >= 15 is 0 Å². The number of sulfonamides is 1. The Hall–Kier alpha value is -4.13. The van der Waals surface area contributed by atoms with Crippen molar-refractivity contribution in [3.63, 3.8) is 0 Å². The Bertz CT molecular complexity index is 1810. The number of benzene rings is 2. The zero-order valence-corrected chi connectivity index (χ0v) is 23.1. The average Bonchev–Trinajstić information content (AvgIpc) is 3.57. The summed E-state index contributed by atoms with van der Waals surface area (Å²) in [6.45, 7) is 2.84. The van der Waals surface area contributed by atoms with Crippen LogP contribution < -0.4 is 5.32 Å². The largest absolute Gasteiger partial charge is 0.306 e. The van der Waals surface area contributed by atoms with Crippen molar-refractivity contribution < 1.29 is 13.2 Å². The third kappa shape index (κ3) is 4.85. The van der Waals surface area contributed by atoms with E-state index in [-0.39, 0.29) is 4.90 Å². The molecule has 11 nitrogen and oxygen atoms in total. The van der Waals surface area contributed by atoms with Crippen molar-refractivity contribution in [2.45, 2.75) is 31.1 Å². The number of fused-ring (bicyclic) bond motifs is 1. The average molecular weight is 577 g/mol. The molecule has 3 aromatic heterocycles. The van der Waals surface area contributed by atoms with Crippen LogP contribution in [0.4, 0.5) is 5.82 Å². The summed E-state index contributed by atoms with van der Waals surface area (Å²) in [5.41, 5.74) is 2.31. The smallest absolute Gasteiger partial charge is 0.256 e. The van der Waals surface area contributed by atoms with Gasteiger partial charge >= 0.3 is 0 Å². The van der Waals surface area contributed by atoms with Gasteiger partial charge in [-0.3, -0.25) is 4.79 Å². The zero-order valence-electron chi connectivity index (χ0n) is 21.5. The molecular weight excluding hydrogens is 552 g/mol. The van der Waals surface area contributed by atoms with Crippen LogP contribution >= 0.6 is 11.6 Å². The molecule has 1 aliphatic rings. The van der Waals surface area contributed by atoms with Crippen molar-refractivity contribution >= 4 is 44.4 Å². The Balaban J connectivity index is 1.28. The highest BCUT2D eigenvalue weighted by molar-refractivity contribution is 7.89. The second-order valence-electron chi connectivity index (χ2n) is 9.49. The highest BCUT2D eigenvalue weighted by atomic mass is 35.5. The number of aryl methyl sites for hydroxylation is 1. The van der Waals surface area contributed by atoms with Crippen LogP contribution in [0.25, 0.3) is 22.5 Å². The summed E-state index contributed by atoms with van der Waals surface area (Å²) in [5, 5.41) is 13.1. The van der Waals surface area contributed by atoms with Crippen LogP contribution in [0.1, 0.15) is 35.3 Å². The number of hydrogen-bond acceptors (Lipinski definition) is 7. The third-order valence-corrected chi connectivity index (χ3v) is 8.92. The predicted molar refractivity (Wildman–Crippen MR) is 151 cm³/mol. The molecule has 40 heavy (non-hydrogen) atoms. The second kappa shape index (κ2) is 10.5. The highest BCUT2D eigenvalue weighted by Gasteiger charge is 2.26. The summed E-state index contributed by atoms with van der Waals surface area (Å²) in [4.78, 5) is 22.2. The van der Waals surface area contributed by atoms with Gasteiger partial charge in [0.05, 0.1) is 27.9 Å². The van der Waals surface area contributed by atoms with Crippen molar-refractivity contribution in [3.05, 3.63) is 83.4 Å². The summed E-state index contributed by atoms with van der Waals surface area (Å²) >= 11 is 6.03. The zero-order chi connectivity index (χ0) is 27.9. The first kappa shape index (κ1) is 26.1. The third-order valence-electron chi connectivity index (χ3n) is 6.76. The SMILES string of the molecule is Cc1cc(NC(=O)c2ccc(S(=O)(=O)N3CCCCC3)cc2)n(-c2ncnc3c2cnn3-c2ccc(Cl)cc2)n1. The first-order valence-electron chi connectivity index (χ1n) is 12.7. The van der Waals surface area contributed by atoms with E-state index in [1.165, 1.54) is 39.6 Å². The topological polar surface area (TPSA) is 128 Å². The molecule has 6 rings (SSSR count). The minimum atomic E-state index is -3.59. The molecule has 1 saturated heterocycles. The van der Waals surface area contributed by atoms with Gasteiger partial charge in [0.1, 0.15) is 12.1 Å². The Morgan fingerprint density at radius 2 is 1.68 bits per heavy atom. The minimum absolute atomic E-state index is 0.174. The van der Waals surface area contributed by atoms with Crippen LogP contribution in [0.3, 0.4) is 0 Å². The molecule has 0 bridgehead atoms. The van der Waals surface area contributed by atoms with E-state index in [4.69, 9.17) is 11.6 Å². The van der Waals surface area contributed by atoms with Gasteiger partial charge in [0.15, 0.2) is 11.5 Å². The van der Waals surface area contributed by atoms with Crippen LogP contribution in [0.2, 0.25) is 5.02 Å². The van der Waals surface area contributed by atoms with Crippen LogP contribution in [-0.2, 0) is 10.0 Å². The van der Waals surface area contributed by atoms with E-state index in [0.29, 0.717) is 52.0 Å². The monoisotopic (exact) mass is 576 g/mol. The quantitative estimate of drug-likeness (QED) is 0.317. The molecule has 1 aliphatic heterocycles. The van der Waals surface area contributed by atoms with Gasteiger partial charge in [-0.1, -0.05) is 18.0 Å². The number of amides is 1. The summed E-state index contributed by atoms with van der Waals surface area (Å²) in [6.07, 6.45) is 5.80. The molecule has 1 N–H and O–H groups in total. The lowest BCUT2D eigenvalue weighted by atomic mass is 10.2. The molecule has 0 saturated carbocycles. The lowest BCUT2D eigenvalue weighted by molar-refractivity contribution is 0.102. The number of aromatic nitrogens is 6. The summed E-state index contributed by atoms with van der Waals surface area (Å²) in [6, 6.07) is 14.9. The molecular formula is C27H25ClN8O3S. The Morgan fingerprint density at radius 1 is 0.950 bits per heavy atom. The van der Waals surface area contributed by atoms with Gasteiger partial charge < -0.3 is 5.32 Å². The maximum absolute atomic E-state index is 13.2. The number of carbonyl (C=O) groups is 1. The van der Waals surface area contributed by atoms with Gasteiger partial charge in [-0.15, -0.1) is 0 Å². The van der Waals surface area contributed by atoms with E-state index < -0.39 is 15.9 Å².